The molecule has 1 N–H and O–H groups in total. The molecule has 3 rings (SSSR count). The van der Waals surface area contributed by atoms with Crippen LogP contribution >= 0.6 is 11.6 Å². The van der Waals surface area contributed by atoms with Crippen molar-refractivity contribution in [3.05, 3.63) is 101 Å². The number of para-hydroxylation sites is 1. The summed E-state index contributed by atoms with van der Waals surface area (Å²) in [5.41, 5.74) is 2.03. The second kappa shape index (κ2) is 9.08. The first-order valence-corrected chi connectivity index (χ1v) is 9.83. The highest BCUT2D eigenvalue weighted by Crippen LogP contribution is 2.33. The number of hydrogen-bond donors (Lipinski definition) is 1. The number of carbonyl (C=O) groups excluding carboxylic acids is 1. The van der Waals surface area contributed by atoms with E-state index in [1.165, 1.54) is 0 Å². The van der Waals surface area contributed by atoms with Crippen molar-refractivity contribution in [2.75, 3.05) is 11.4 Å². The highest BCUT2D eigenvalue weighted by atomic mass is 35.5. The van der Waals surface area contributed by atoms with E-state index < -0.39 is 5.60 Å². The van der Waals surface area contributed by atoms with E-state index in [9.17, 15) is 9.90 Å². The van der Waals surface area contributed by atoms with Crippen molar-refractivity contribution in [2.24, 2.45) is 0 Å². The molecule has 0 aliphatic heterocycles. The van der Waals surface area contributed by atoms with Gasteiger partial charge in [-0.3, -0.25) is 4.79 Å². The SMILES string of the molecule is CC(C)(O)CN(c1ccccc1)c1cc(Cl)ccc1C(=O)C=Cc1ccccc1. The lowest BCUT2D eigenvalue weighted by atomic mass is 10.0. The van der Waals surface area contributed by atoms with Crippen LogP contribution in [0.4, 0.5) is 11.4 Å². The van der Waals surface area contributed by atoms with Crippen LogP contribution in [0.2, 0.25) is 5.02 Å². The average molecular weight is 406 g/mol. The molecule has 0 heterocycles. The topological polar surface area (TPSA) is 40.5 Å². The van der Waals surface area contributed by atoms with Crippen LogP contribution in [0.1, 0.15) is 29.8 Å². The molecule has 0 aromatic heterocycles. The van der Waals surface area contributed by atoms with E-state index in [0.717, 1.165) is 11.3 Å². The molecule has 148 valence electrons. The Labute approximate surface area is 176 Å². The average Bonchev–Trinajstić information content (AvgIpc) is 2.71. The lowest BCUT2D eigenvalue weighted by Gasteiger charge is -2.32. The molecule has 0 saturated carbocycles. The Morgan fingerprint density at radius 3 is 2.24 bits per heavy atom. The summed E-state index contributed by atoms with van der Waals surface area (Å²) in [4.78, 5) is 15.0. The van der Waals surface area contributed by atoms with E-state index >= 15 is 0 Å². The van der Waals surface area contributed by atoms with Crippen molar-refractivity contribution in [1.29, 1.82) is 0 Å². The second-order valence-electron chi connectivity index (χ2n) is 7.50. The van der Waals surface area contributed by atoms with Gasteiger partial charge in [-0.15, -0.1) is 0 Å². The molecular weight excluding hydrogens is 382 g/mol. The third kappa shape index (κ3) is 5.80. The van der Waals surface area contributed by atoms with E-state index in [4.69, 9.17) is 11.6 Å². The first kappa shape index (κ1) is 20.8. The van der Waals surface area contributed by atoms with Gasteiger partial charge in [-0.25, -0.2) is 0 Å². The van der Waals surface area contributed by atoms with Crippen LogP contribution in [-0.2, 0) is 0 Å². The molecule has 3 aromatic carbocycles. The summed E-state index contributed by atoms with van der Waals surface area (Å²) in [6, 6.07) is 24.6. The molecule has 0 amide bonds. The number of nitrogens with zero attached hydrogens (tertiary/aromatic N) is 1. The Kier molecular flexibility index (Phi) is 6.53. The minimum Gasteiger partial charge on any atom is -0.389 e. The predicted octanol–water partition coefficient (Wildman–Crippen LogP) is 6.15. The third-order valence-electron chi connectivity index (χ3n) is 4.36. The highest BCUT2D eigenvalue weighted by molar-refractivity contribution is 6.31. The van der Waals surface area contributed by atoms with E-state index in [0.29, 0.717) is 22.8 Å². The zero-order valence-corrected chi connectivity index (χ0v) is 17.3. The highest BCUT2D eigenvalue weighted by Gasteiger charge is 2.23. The van der Waals surface area contributed by atoms with Crippen LogP contribution in [0.15, 0.2) is 84.9 Å². The van der Waals surface area contributed by atoms with E-state index in [2.05, 4.69) is 0 Å². The number of anilines is 2. The maximum absolute atomic E-state index is 13.0. The van der Waals surface area contributed by atoms with Crippen molar-refractivity contribution in [3.63, 3.8) is 0 Å². The van der Waals surface area contributed by atoms with Gasteiger partial charge in [0.15, 0.2) is 5.78 Å². The van der Waals surface area contributed by atoms with Gasteiger partial charge < -0.3 is 10.0 Å². The summed E-state index contributed by atoms with van der Waals surface area (Å²) in [5.74, 6) is -0.128. The van der Waals surface area contributed by atoms with Gasteiger partial charge in [-0.05, 0) is 55.8 Å². The van der Waals surface area contributed by atoms with Gasteiger partial charge >= 0.3 is 0 Å². The second-order valence-corrected chi connectivity index (χ2v) is 7.94. The normalized spacial score (nSPS) is 11.6. The fourth-order valence-corrected chi connectivity index (χ4v) is 3.24. The smallest absolute Gasteiger partial charge is 0.187 e. The molecule has 3 aromatic rings. The molecule has 0 radical (unpaired) electrons. The van der Waals surface area contributed by atoms with Gasteiger partial charge in [0.2, 0.25) is 0 Å². The number of hydrogen-bond acceptors (Lipinski definition) is 3. The van der Waals surface area contributed by atoms with E-state index in [-0.39, 0.29) is 5.78 Å². The summed E-state index contributed by atoms with van der Waals surface area (Å²) >= 11 is 6.28. The maximum Gasteiger partial charge on any atom is 0.187 e. The summed E-state index contributed by atoms with van der Waals surface area (Å²) in [6.07, 6.45) is 3.36. The molecule has 0 bridgehead atoms. The Morgan fingerprint density at radius 2 is 1.62 bits per heavy atom. The van der Waals surface area contributed by atoms with Gasteiger partial charge in [0, 0.05) is 16.3 Å². The van der Waals surface area contributed by atoms with Crippen molar-refractivity contribution in [3.8, 4) is 0 Å². The molecule has 0 fully saturated rings. The minimum atomic E-state index is -0.974. The van der Waals surface area contributed by atoms with Crippen LogP contribution in [0, 0.1) is 0 Å². The van der Waals surface area contributed by atoms with E-state index in [1.54, 1.807) is 44.2 Å². The summed E-state index contributed by atoms with van der Waals surface area (Å²) in [6.45, 7) is 3.79. The van der Waals surface area contributed by atoms with Crippen molar-refractivity contribution in [2.45, 2.75) is 19.4 Å². The van der Waals surface area contributed by atoms with Gasteiger partial charge in [0.05, 0.1) is 17.8 Å². The van der Waals surface area contributed by atoms with Crippen LogP contribution in [-0.4, -0.2) is 23.0 Å². The predicted molar refractivity (Wildman–Crippen MR) is 121 cm³/mol. The Morgan fingerprint density at radius 1 is 1.00 bits per heavy atom. The zero-order chi connectivity index (χ0) is 20.9. The molecule has 4 heteroatoms. The van der Waals surface area contributed by atoms with Crippen LogP contribution < -0.4 is 4.90 Å². The Bertz CT molecular complexity index is 992. The monoisotopic (exact) mass is 405 g/mol. The van der Waals surface area contributed by atoms with Crippen LogP contribution in [0.3, 0.4) is 0 Å². The molecule has 0 atom stereocenters. The molecule has 0 aliphatic carbocycles. The molecular formula is C25H24ClNO2. The fraction of sp³-hybridized carbons (Fsp3) is 0.160. The number of rotatable bonds is 7. The summed E-state index contributed by atoms with van der Waals surface area (Å²) < 4.78 is 0. The Balaban J connectivity index is 2.03. The molecule has 0 spiro atoms. The first-order chi connectivity index (χ1) is 13.8. The van der Waals surface area contributed by atoms with E-state index in [1.807, 2.05) is 65.6 Å². The molecule has 0 unspecified atom stereocenters. The quantitative estimate of drug-likeness (QED) is 0.379. The van der Waals surface area contributed by atoms with Gasteiger partial charge in [0.1, 0.15) is 0 Å². The number of halogens is 1. The largest absolute Gasteiger partial charge is 0.389 e. The maximum atomic E-state index is 13.0. The summed E-state index contributed by atoms with van der Waals surface area (Å²) in [5, 5.41) is 11.0. The number of ketones is 1. The standard InChI is InChI=1S/C25H24ClNO2/c1-25(2,29)18-27(21-11-7-4-8-12-21)23-17-20(26)14-15-22(23)24(28)16-13-19-9-5-3-6-10-19/h3-17,29H,18H2,1-2H3. The van der Waals surface area contributed by atoms with Gasteiger partial charge in [-0.2, -0.15) is 0 Å². The number of carbonyl (C=O) groups is 1. The van der Waals surface area contributed by atoms with Crippen molar-refractivity contribution in [1.82, 2.24) is 0 Å². The van der Waals surface area contributed by atoms with Crippen molar-refractivity contribution < 1.29 is 9.90 Å². The lowest BCUT2D eigenvalue weighted by molar-refractivity contribution is 0.0895. The Hall–Kier alpha value is -2.88. The molecule has 0 aliphatic rings. The third-order valence-corrected chi connectivity index (χ3v) is 4.59. The fourth-order valence-electron chi connectivity index (χ4n) is 3.07. The van der Waals surface area contributed by atoms with Crippen molar-refractivity contribution >= 4 is 34.8 Å². The van der Waals surface area contributed by atoms with Crippen LogP contribution in [0.5, 0.6) is 0 Å². The molecule has 0 saturated heterocycles. The number of benzene rings is 3. The first-order valence-electron chi connectivity index (χ1n) is 9.45. The lowest BCUT2D eigenvalue weighted by Crippen LogP contribution is -2.36. The number of allylic oxidation sites excluding steroid dienone is 1. The summed E-state index contributed by atoms with van der Waals surface area (Å²) in [7, 11) is 0. The molecule has 29 heavy (non-hydrogen) atoms. The minimum absolute atomic E-state index is 0.128. The zero-order valence-electron chi connectivity index (χ0n) is 16.5. The van der Waals surface area contributed by atoms with Gasteiger partial charge in [0.25, 0.3) is 0 Å². The number of aliphatic hydroxyl groups is 1. The van der Waals surface area contributed by atoms with Crippen LogP contribution in [0.25, 0.3) is 6.08 Å². The molecule has 3 nitrogen and oxygen atoms in total. The van der Waals surface area contributed by atoms with Gasteiger partial charge in [-0.1, -0.05) is 66.2 Å².